The van der Waals surface area contributed by atoms with Gasteiger partial charge in [-0.2, -0.15) is 5.10 Å². The number of benzene rings is 2. The molecule has 0 aliphatic heterocycles. The lowest BCUT2D eigenvalue weighted by atomic mass is 10.1. The Labute approximate surface area is 183 Å². The predicted octanol–water partition coefficient (Wildman–Crippen LogP) is 4.99. The monoisotopic (exact) mass is 438 g/mol. The Morgan fingerprint density at radius 2 is 1.87 bits per heavy atom. The minimum Gasteiger partial charge on any atom is -0.471 e. The Kier molecular flexibility index (Phi) is 6.04. The van der Waals surface area contributed by atoms with E-state index in [1.165, 1.54) is 22.9 Å². The van der Waals surface area contributed by atoms with Gasteiger partial charge in [-0.25, -0.2) is 9.07 Å². The third kappa shape index (κ3) is 4.95. The number of nitrogens with zero attached hydrogens (tertiary/aromatic N) is 3. The van der Waals surface area contributed by atoms with Crippen molar-refractivity contribution in [3.8, 4) is 11.4 Å². The molecule has 158 valence electrons. The average Bonchev–Trinajstić information content (AvgIpc) is 3.47. The molecule has 1 N–H and O–H groups in total. The number of aromatic nitrogens is 3. The van der Waals surface area contributed by atoms with E-state index in [1.54, 1.807) is 12.3 Å². The van der Waals surface area contributed by atoms with E-state index >= 15 is 0 Å². The van der Waals surface area contributed by atoms with E-state index < -0.39 is 5.82 Å². The normalized spacial score (nSPS) is 11.8. The highest BCUT2D eigenvalue weighted by Crippen LogP contribution is 2.21. The van der Waals surface area contributed by atoms with Gasteiger partial charge in [0, 0.05) is 30.3 Å². The largest absolute Gasteiger partial charge is 0.471 e. The Bertz CT molecular complexity index is 1170. The highest BCUT2D eigenvalue weighted by Gasteiger charge is 2.14. The minimum absolute atomic E-state index is 0.0200. The van der Waals surface area contributed by atoms with Crippen molar-refractivity contribution < 1.29 is 13.9 Å². The number of amides is 1. The van der Waals surface area contributed by atoms with E-state index in [-0.39, 0.29) is 29.4 Å². The summed E-state index contributed by atoms with van der Waals surface area (Å²) in [6.45, 7) is 1.98. The van der Waals surface area contributed by atoms with Gasteiger partial charge in [0.05, 0.1) is 11.1 Å². The van der Waals surface area contributed by atoms with Gasteiger partial charge in [0.15, 0.2) is 6.73 Å². The molecule has 1 amide bonds. The molecule has 2 aromatic carbocycles. The molecule has 0 bridgehead atoms. The molecule has 0 saturated heterocycles. The highest BCUT2D eigenvalue weighted by molar-refractivity contribution is 6.30. The average molecular weight is 439 g/mol. The van der Waals surface area contributed by atoms with Crippen LogP contribution in [0.4, 0.5) is 4.39 Å². The molecule has 0 spiro atoms. The predicted molar refractivity (Wildman–Crippen MR) is 116 cm³/mol. The van der Waals surface area contributed by atoms with Crippen LogP contribution in [0.2, 0.25) is 5.02 Å². The zero-order chi connectivity index (χ0) is 21.8. The highest BCUT2D eigenvalue weighted by atomic mass is 35.5. The van der Waals surface area contributed by atoms with Gasteiger partial charge in [-0.15, -0.1) is 0 Å². The van der Waals surface area contributed by atoms with Crippen LogP contribution in [0, 0.1) is 5.82 Å². The second-order valence-corrected chi connectivity index (χ2v) is 7.37. The molecule has 31 heavy (non-hydrogen) atoms. The molecule has 6 nitrogen and oxygen atoms in total. The fourth-order valence-electron chi connectivity index (χ4n) is 3.06. The zero-order valence-corrected chi connectivity index (χ0v) is 17.5. The molecule has 0 saturated carbocycles. The first-order chi connectivity index (χ1) is 15.0. The van der Waals surface area contributed by atoms with E-state index in [1.807, 2.05) is 60.3 Å². The summed E-state index contributed by atoms with van der Waals surface area (Å²) in [5, 5.41) is 7.16. The summed E-state index contributed by atoms with van der Waals surface area (Å²) in [7, 11) is 0. The summed E-state index contributed by atoms with van der Waals surface area (Å²) < 4.78 is 22.2. The van der Waals surface area contributed by atoms with Crippen LogP contribution in [-0.2, 0) is 6.73 Å². The number of nitrogens with one attached hydrogen (secondary N) is 1. The summed E-state index contributed by atoms with van der Waals surface area (Å²) in [4.78, 5) is 12.6. The second kappa shape index (κ2) is 9.06. The van der Waals surface area contributed by atoms with Crippen LogP contribution in [0.1, 0.15) is 29.0 Å². The van der Waals surface area contributed by atoms with Crippen molar-refractivity contribution in [1.82, 2.24) is 19.7 Å². The van der Waals surface area contributed by atoms with Crippen molar-refractivity contribution in [1.29, 1.82) is 0 Å². The summed E-state index contributed by atoms with van der Waals surface area (Å²) in [5.41, 5.74) is 2.31. The second-order valence-electron chi connectivity index (χ2n) is 6.97. The number of hydrogen-bond donors (Lipinski definition) is 1. The van der Waals surface area contributed by atoms with Gasteiger partial charge in [0.2, 0.25) is 0 Å². The SMILES string of the molecule is CC(NC(=O)c1ccn(COc2ccc(F)c(Cl)c2)n1)c1ccc(-n2cccc2)cc1. The van der Waals surface area contributed by atoms with Crippen LogP contribution in [0.15, 0.2) is 79.3 Å². The third-order valence-corrected chi connectivity index (χ3v) is 5.06. The Balaban J connectivity index is 1.34. The maximum absolute atomic E-state index is 13.2. The number of rotatable bonds is 7. The molecule has 2 aromatic heterocycles. The van der Waals surface area contributed by atoms with Crippen molar-refractivity contribution in [3.05, 3.63) is 101 Å². The molecule has 8 heteroatoms. The van der Waals surface area contributed by atoms with Gasteiger partial charge in [-0.3, -0.25) is 4.79 Å². The van der Waals surface area contributed by atoms with Crippen molar-refractivity contribution in [3.63, 3.8) is 0 Å². The maximum atomic E-state index is 13.2. The minimum atomic E-state index is -0.513. The number of halogens is 2. The lowest BCUT2D eigenvalue weighted by Gasteiger charge is -2.14. The summed E-state index contributed by atoms with van der Waals surface area (Å²) in [5.74, 6) is -0.393. The van der Waals surface area contributed by atoms with Crippen LogP contribution in [0.25, 0.3) is 5.69 Å². The van der Waals surface area contributed by atoms with Gasteiger partial charge in [-0.1, -0.05) is 23.7 Å². The zero-order valence-electron chi connectivity index (χ0n) is 16.7. The lowest BCUT2D eigenvalue weighted by molar-refractivity contribution is 0.0932. The Hall–Kier alpha value is -3.58. The summed E-state index contributed by atoms with van der Waals surface area (Å²) in [6, 6.07) is 17.4. The number of hydrogen-bond acceptors (Lipinski definition) is 3. The van der Waals surface area contributed by atoms with Crippen LogP contribution >= 0.6 is 11.6 Å². The van der Waals surface area contributed by atoms with Gasteiger partial charge >= 0.3 is 0 Å². The van der Waals surface area contributed by atoms with E-state index in [9.17, 15) is 9.18 Å². The summed E-state index contributed by atoms with van der Waals surface area (Å²) in [6.07, 6.45) is 5.59. The molecule has 0 aliphatic carbocycles. The molecular weight excluding hydrogens is 419 g/mol. The smallest absolute Gasteiger partial charge is 0.272 e. The van der Waals surface area contributed by atoms with Gasteiger partial charge in [-0.05, 0) is 55.0 Å². The van der Waals surface area contributed by atoms with Gasteiger partial charge in [0.1, 0.15) is 17.3 Å². The fraction of sp³-hybridized carbons (Fsp3) is 0.130. The number of carbonyl (C=O) groups is 1. The Morgan fingerprint density at radius 1 is 1.13 bits per heavy atom. The molecule has 4 rings (SSSR count). The molecular formula is C23H20ClFN4O2. The van der Waals surface area contributed by atoms with Crippen molar-refractivity contribution in [2.45, 2.75) is 19.7 Å². The van der Waals surface area contributed by atoms with E-state index in [4.69, 9.17) is 16.3 Å². The Morgan fingerprint density at radius 3 is 2.58 bits per heavy atom. The third-order valence-electron chi connectivity index (χ3n) is 4.77. The van der Waals surface area contributed by atoms with Crippen LogP contribution in [0.5, 0.6) is 5.75 Å². The first kappa shape index (κ1) is 20.7. The molecule has 1 unspecified atom stereocenters. The molecule has 0 fully saturated rings. The van der Waals surface area contributed by atoms with Crippen molar-refractivity contribution >= 4 is 17.5 Å². The fourth-order valence-corrected chi connectivity index (χ4v) is 3.23. The molecule has 2 heterocycles. The number of carbonyl (C=O) groups excluding carboxylic acids is 1. The van der Waals surface area contributed by atoms with Crippen molar-refractivity contribution in [2.75, 3.05) is 0 Å². The quantitative estimate of drug-likeness (QED) is 0.442. The van der Waals surface area contributed by atoms with Gasteiger partial charge in [0.25, 0.3) is 5.91 Å². The van der Waals surface area contributed by atoms with E-state index in [2.05, 4.69) is 10.4 Å². The summed E-state index contributed by atoms with van der Waals surface area (Å²) >= 11 is 5.74. The molecule has 1 atom stereocenters. The lowest BCUT2D eigenvalue weighted by Crippen LogP contribution is -2.27. The molecule has 0 radical (unpaired) electrons. The van der Waals surface area contributed by atoms with Crippen LogP contribution in [0.3, 0.4) is 0 Å². The first-order valence-corrected chi connectivity index (χ1v) is 10.0. The number of ether oxygens (including phenoxy) is 1. The van der Waals surface area contributed by atoms with E-state index in [0.717, 1.165) is 11.3 Å². The molecule has 0 aliphatic rings. The molecule has 4 aromatic rings. The van der Waals surface area contributed by atoms with Crippen LogP contribution < -0.4 is 10.1 Å². The first-order valence-electron chi connectivity index (χ1n) is 9.65. The topological polar surface area (TPSA) is 61.1 Å². The van der Waals surface area contributed by atoms with Crippen LogP contribution in [-0.4, -0.2) is 20.3 Å². The van der Waals surface area contributed by atoms with E-state index in [0.29, 0.717) is 5.75 Å². The van der Waals surface area contributed by atoms with Gasteiger partial charge < -0.3 is 14.6 Å². The maximum Gasteiger partial charge on any atom is 0.272 e. The van der Waals surface area contributed by atoms with Crippen molar-refractivity contribution in [2.24, 2.45) is 0 Å². The standard InChI is InChI=1S/C23H20ClFN4O2/c1-16(17-4-6-18(7-5-17)28-11-2-3-12-28)26-23(30)22-10-13-29(27-22)15-31-19-8-9-21(25)20(24)14-19/h2-14,16H,15H2,1H3,(H,26,30).